The molecule has 454 valence electrons. The molecule has 0 radical (unpaired) electrons. The van der Waals surface area contributed by atoms with Crippen molar-refractivity contribution in [1.82, 2.24) is 4.57 Å². The molecule has 4 nitrogen and oxygen atoms in total. The van der Waals surface area contributed by atoms with Crippen molar-refractivity contribution in [3.05, 3.63) is 245 Å². The second-order valence-corrected chi connectivity index (χ2v) is 33.0. The molecule has 1 aliphatic carbocycles. The summed E-state index contributed by atoms with van der Waals surface area (Å²) >= 11 is 1.89. The van der Waals surface area contributed by atoms with Gasteiger partial charge in [-0.2, -0.15) is 0 Å². The summed E-state index contributed by atoms with van der Waals surface area (Å²) in [7, 11) is 0. The van der Waals surface area contributed by atoms with Gasteiger partial charge in [0, 0.05) is 87.6 Å². The molecule has 0 fully saturated rings. The SMILES string of the molecule is CC(C)(C)c1ccc(N(c2ccc(C(C)(C)C)cc2)c2ccc3c(c2)N(c2cccc4sc5ccccc5c24)c2cc(N(c4ccc(C(C)(C)C)cc4)c4ccc(C(C)(C)C)cc4)cc4c2B3c2cc(C(C)(C)C)cc3c5c(n-4c23)-c2ccccc2C5(C)C)cc1. The number of thiophene rings is 1. The van der Waals surface area contributed by atoms with Crippen LogP contribution in [0.2, 0.25) is 0 Å². The maximum Gasteiger partial charge on any atom is 0.252 e. The van der Waals surface area contributed by atoms with Gasteiger partial charge in [-0.05, 0) is 179 Å². The number of anilines is 9. The van der Waals surface area contributed by atoms with Crippen LogP contribution in [0.25, 0.3) is 48.0 Å². The van der Waals surface area contributed by atoms with E-state index in [-0.39, 0.29) is 39.2 Å². The quantitative estimate of drug-likeness (QED) is 0.148. The van der Waals surface area contributed by atoms with Crippen molar-refractivity contribution in [3.63, 3.8) is 0 Å². The summed E-state index contributed by atoms with van der Waals surface area (Å²) in [6, 6.07) is 80.6. The molecule has 0 atom stereocenters. The maximum absolute atomic E-state index is 2.74. The first-order valence-corrected chi connectivity index (χ1v) is 33.8. The second kappa shape index (κ2) is 20.2. The Bertz CT molecular complexity index is 4790. The smallest absolute Gasteiger partial charge is 0.252 e. The van der Waals surface area contributed by atoms with Gasteiger partial charge in [-0.15, -0.1) is 11.3 Å². The summed E-state index contributed by atoms with van der Waals surface area (Å²) in [5, 5.41) is 3.89. The van der Waals surface area contributed by atoms with Crippen LogP contribution in [0.4, 0.5) is 51.2 Å². The maximum atomic E-state index is 2.74. The molecule has 6 heteroatoms. The van der Waals surface area contributed by atoms with E-state index in [0.29, 0.717) is 0 Å². The molecule has 0 spiro atoms. The third-order valence-electron chi connectivity index (χ3n) is 20.3. The predicted molar refractivity (Wildman–Crippen MR) is 396 cm³/mol. The zero-order chi connectivity index (χ0) is 63.8. The highest BCUT2D eigenvalue weighted by atomic mass is 32.1. The van der Waals surface area contributed by atoms with Gasteiger partial charge in [-0.3, -0.25) is 0 Å². The molecule has 2 aromatic heterocycles. The lowest BCUT2D eigenvalue weighted by atomic mass is 9.33. The Balaban J connectivity index is 1.10. The number of rotatable bonds is 7. The third-order valence-corrected chi connectivity index (χ3v) is 21.4. The van der Waals surface area contributed by atoms with Crippen LogP contribution in [0.3, 0.4) is 0 Å². The number of benzene rings is 10. The van der Waals surface area contributed by atoms with Crippen LogP contribution in [-0.2, 0) is 32.5 Å². The molecular formula is C85H85BN4S. The Morgan fingerprint density at radius 2 is 0.835 bits per heavy atom. The average Bonchev–Trinajstić information content (AvgIpc) is 1.57. The van der Waals surface area contributed by atoms with Gasteiger partial charge in [0.2, 0.25) is 0 Å². The fourth-order valence-electron chi connectivity index (χ4n) is 15.3. The molecule has 4 heterocycles. The molecule has 0 N–H and O–H groups in total. The van der Waals surface area contributed by atoms with E-state index < -0.39 is 0 Å². The average molecular weight is 1210 g/mol. The Kier molecular flexibility index (Phi) is 13.1. The van der Waals surface area contributed by atoms with Crippen LogP contribution in [-0.4, -0.2) is 11.3 Å². The number of nitrogens with zero attached hydrogens (tertiary/aromatic N) is 4. The van der Waals surface area contributed by atoms with E-state index in [4.69, 9.17) is 0 Å². The molecule has 10 aromatic carbocycles. The van der Waals surface area contributed by atoms with Crippen molar-refractivity contribution in [3.8, 4) is 16.9 Å². The van der Waals surface area contributed by atoms with Gasteiger partial charge in [-0.25, -0.2) is 0 Å². The summed E-state index contributed by atoms with van der Waals surface area (Å²) in [6.07, 6.45) is 0. The van der Waals surface area contributed by atoms with Crippen molar-refractivity contribution in [1.29, 1.82) is 0 Å². The van der Waals surface area contributed by atoms with Crippen molar-refractivity contribution >= 4 is 117 Å². The molecule has 0 unspecified atom stereocenters. The summed E-state index contributed by atoms with van der Waals surface area (Å²) < 4.78 is 5.29. The second-order valence-electron chi connectivity index (χ2n) is 32.0. The van der Waals surface area contributed by atoms with Gasteiger partial charge in [0.05, 0.1) is 17.1 Å². The molecular weight excluding hydrogens is 1120 g/mol. The van der Waals surface area contributed by atoms with Crippen LogP contribution >= 0.6 is 11.3 Å². The number of hydrogen-bond donors (Lipinski definition) is 0. The summed E-state index contributed by atoms with van der Waals surface area (Å²) in [5.41, 5.74) is 28.2. The Morgan fingerprint density at radius 3 is 1.37 bits per heavy atom. The van der Waals surface area contributed by atoms with Gasteiger partial charge in [0.15, 0.2) is 0 Å². The molecule has 91 heavy (non-hydrogen) atoms. The van der Waals surface area contributed by atoms with Crippen LogP contribution in [0.5, 0.6) is 0 Å². The summed E-state index contributed by atoms with van der Waals surface area (Å²) in [6.45, 7) is 39.7. The lowest BCUT2D eigenvalue weighted by Crippen LogP contribution is -2.60. The minimum atomic E-state index is -0.270. The molecule has 15 rings (SSSR count). The highest BCUT2D eigenvalue weighted by Crippen LogP contribution is 2.57. The lowest BCUT2D eigenvalue weighted by Gasteiger charge is -2.42. The van der Waals surface area contributed by atoms with E-state index in [2.05, 4.69) is 343 Å². The molecule has 0 saturated carbocycles. The molecule has 12 aromatic rings. The Morgan fingerprint density at radius 1 is 0.374 bits per heavy atom. The number of hydrogen-bond acceptors (Lipinski definition) is 4. The van der Waals surface area contributed by atoms with Gasteiger partial charge in [0.1, 0.15) is 0 Å². The van der Waals surface area contributed by atoms with Crippen LogP contribution in [0, 0.1) is 0 Å². The predicted octanol–water partition coefficient (Wildman–Crippen LogP) is 22.3. The topological polar surface area (TPSA) is 14.7 Å². The largest absolute Gasteiger partial charge is 0.311 e. The van der Waals surface area contributed by atoms with Crippen LogP contribution < -0.4 is 31.1 Å². The minimum absolute atomic E-state index is 0.00182. The van der Waals surface area contributed by atoms with Crippen LogP contribution in [0.1, 0.15) is 157 Å². The van der Waals surface area contributed by atoms with E-state index in [9.17, 15) is 0 Å². The fraction of sp³-hybridized carbons (Fsp3) is 0.271. The van der Waals surface area contributed by atoms with Crippen LogP contribution in [0.15, 0.2) is 206 Å². The summed E-state index contributed by atoms with van der Waals surface area (Å²) in [5.74, 6) is 0. The van der Waals surface area contributed by atoms with Gasteiger partial charge < -0.3 is 19.3 Å². The van der Waals surface area contributed by atoms with Crippen molar-refractivity contribution in [2.24, 2.45) is 0 Å². The van der Waals surface area contributed by atoms with Gasteiger partial charge in [0.25, 0.3) is 6.71 Å². The zero-order valence-corrected chi connectivity index (χ0v) is 57.2. The van der Waals surface area contributed by atoms with Crippen molar-refractivity contribution in [2.45, 2.75) is 150 Å². The van der Waals surface area contributed by atoms with E-state index in [1.165, 1.54) is 120 Å². The minimum Gasteiger partial charge on any atom is -0.311 e. The Hall–Kier alpha value is -8.58. The normalized spacial score (nSPS) is 14.3. The summed E-state index contributed by atoms with van der Waals surface area (Å²) in [4.78, 5) is 7.73. The first-order chi connectivity index (χ1) is 43.1. The molecule has 3 aliphatic rings. The third kappa shape index (κ3) is 9.35. The van der Waals surface area contributed by atoms with Gasteiger partial charge >= 0.3 is 0 Å². The van der Waals surface area contributed by atoms with E-state index in [1.54, 1.807) is 0 Å². The molecule has 0 bridgehead atoms. The van der Waals surface area contributed by atoms with Crippen molar-refractivity contribution in [2.75, 3.05) is 14.7 Å². The zero-order valence-electron chi connectivity index (χ0n) is 56.4. The first kappa shape index (κ1) is 58.8. The van der Waals surface area contributed by atoms with Gasteiger partial charge in [-0.1, -0.05) is 227 Å². The molecule has 0 saturated heterocycles. The fourth-order valence-corrected chi connectivity index (χ4v) is 16.4. The van der Waals surface area contributed by atoms with E-state index in [1.807, 2.05) is 11.3 Å². The highest BCUT2D eigenvalue weighted by Gasteiger charge is 2.48. The number of aromatic nitrogens is 1. The lowest BCUT2D eigenvalue weighted by molar-refractivity contribution is 0.590. The standard InChI is InChI=1S/C85H85BN4S/c1-80(2,3)52-29-37-57(38-30-52)87(58-39-31-53(32-40-58)81(4,5)6)61-45-46-67-70(49-61)89(69-26-22-28-74-75(69)64-24-19-21-27-73(64)91-74)71-50-62(88(59-41-33-54(34-42-59)82(7,8)9)60-43-35-55(36-44-60)83(10,11)12)51-72-77(71)86(67)68-48-56(84(13,14)15)47-65-76-79(90(72)78(65)68)63-23-18-20-25-66(63)85(76,16)17/h18-51H,1-17H3. The monoisotopic (exact) mass is 1200 g/mol. The van der Waals surface area contributed by atoms with E-state index in [0.717, 1.165) is 34.1 Å². The molecule has 2 aliphatic heterocycles. The number of fused-ring (bicyclic) bond motifs is 12. The van der Waals surface area contributed by atoms with E-state index >= 15 is 0 Å². The highest BCUT2D eigenvalue weighted by molar-refractivity contribution is 7.26. The first-order valence-electron chi connectivity index (χ1n) is 32.9. The molecule has 0 amide bonds. The van der Waals surface area contributed by atoms with Crippen molar-refractivity contribution < 1.29 is 0 Å². The Labute approximate surface area is 544 Å².